The van der Waals surface area contributed by atoms with Crippen molar-refractivity contribution in [1.29, 1.82) is 0 Å². The molecule has 1 aromatic heterocycles. The molecule has 33 heavy (non-hydrogen) atoms. The summed E-state index contributed by atoms with van der Waals surface area (Å²) in [6.45, 7) is 1.97. The highest BCUT2D eigenvalue weighted by molar-refractivity contribution is 6.01. The summed E-state index contributed by atoms with van der Waals surface area (Å²) in [5.74, 6) is 1.36. The van der Waals surface area contributed by atoms with Gasteiger partial charge in [-0.3, -0.25) is 14.5 Å². The molecule has 1 N–H and O–H groups in total. The highest BCUT2D eigenvalue weighted by Crippen LogP contribution is 2.32. The first kappa shape index (κ1) is 21.1. The van der Waals surface area contributed by atoms with Crippen LogP contribution in [0.5, 0.6) is 11.5 Å². The molecular weight excluding hydrogens is 421 g/mol. The van der Waals surface area contributed by atoms with Gasteiger partial charge in [0.15, 0.2) is 0 Å². The van der Waals surface area contributed by atoms with Crippen molar-refractivity contribution >= 4 is 17.6 Å². The molecule has 1 aliphatic carbocycles. The molecule has 1 saturated heterocycles. The second-order valence-corrected chi connectivity index (χ2v) is 8.59. The minimum absolute atomic E-state index is 0.0212. The third kappa shape index (κ3) is 4.58. The number of pyridine rings is 1. The summed E-state index contributed by atoms with van der Waals surface area (Å²) in [5, 5.41) is 2.90. The van der Waals surface area contributed by atoms with Gasteiger partial charge in [0, 0.05) is 17.5 Å². The van der Waals surface area contributed by atoms with Crippen LogP contribution in [-0.4, -0.2) is 28.9 Å². The fourth-order valence-corrected chi connectivity index (χ4v) is 4.08. The topological polar surface area (TPSA) is 71.5 Å². The molecule has 0 radical (unpaired) electrons. The molecule has 2 aromatic carbocycles. The Kier molecular flexibility index (Phi) is 5.54. The average Bonchev–Trinajstić information content (AvgIpc) is 3.63. The molecule has 1 aliphatic heterocycles. The van der Waals surface area contributed by atoms with Crippen LogP contribution in [0.4, 0.5) is 10.2 Å². The standard InChI is InChI=1S/C26H24FN3O3/c1-16-15-23(29-25(31)18-5-6-18)26(32)30(16)24-4-2-3-22(28-24)17-7-11-20(12-8-17)33-21-13-9-19(27)10-14-21/h2-4,7-14,16,18,23H,5-6,15H2,1H3,(H,29,31)/t16?,23-/m0/s1. The summed E-state index contributed by atoms with van der Waals surface area (Å²) in [5.41, 5.74) is 1.60. The summed E-state index contributed by atoms with van der Waals surface area (Å²) in [4.78, 5) is 31.5. The molecule has 168 valence electrons. The Morgan fingerprint density at radius 3 is 2.36 bits per heavy atom. The first-order valence-corrected chi connectivity index (χ1v) is 11.1. The van der Waals surface area contributed by atoms with Crippen LogP contribution < -0.4 is 15.0 Å². The summed E-state index contributed by atoms with van der Waals surface area (Å²) < 4.78 is 18.8. The van der Waals surface area contributed by atoms with Gasteiger partial charge in [0.05, 0.1) is 5.69 Å². The van der Waals surface area contributed by atoms with Gasteiger partial charge in [0.2, 0.25) is 5.91 Å². The van der Waals surface area contributed by atoms with Crippen molar-refractivity contribution in [3.63, 3.8) is 0 Å². The molecule has 1 saturated carbocycles. The number of hydrogen-bond donors (Lipinski definition) is 1. The van der Waals surface area contributed by atoms with E-state index in [4.69, 9.17) is 9.72 Å². The number of nitrogens with one attached hydrogen (secondary N) is 1. The normalized spacial score (nSPS) is 20.1. The Labute approximate surface area is 191 Å². The van der Waals surface area contributed by atoms with Crippen molar-refractivity contribution in [2.75, 3.05) is 4.90 Å². The van der Waals surface area contributed by atoms with Crippen molar-refractivity contribution in [1.82, 2.24) is 10.3 Å². The van der Waals surface area contributed by atoms with Crippen LogP contribution in [0, 0.1) is 11.7 Å². The van der Waals surface area contributed by atoms with Gasteiger partial charge in [-0.15, -0.1) is 0 Å². The lowest BCUT2D eigenvalue weighted by Crippen LogP contribution is -2.42. The lowest BCUT2D eigenvalue weighted by molar-refractivity contribution is -0.127. The molecule has 5 rings (SSSR count). The lowest BCUT2D eigenvalue weighted by Gasteiger charge is -2.21. The van der Waals surface area contributed by atoms with Crippen LogP contribution in [0.3, 0.4) is 0 Å². The van der Waals surface area contributed by atoms with E-state index in [1.807, 2.05) is 49.4 Å². The minimum atomic E-state index is -0.499. The summed E-state index contributed by atoms with van der Waals surface area (Å²) in [6, 6.07) is 18.3. The molecule has 0 bridgehead atoms. The van der Waals surface area contributed by atoms with E-state index in [9.17, 15) is 14.0 Å². The van der Waals surface area contributed by atoms with Crippen LogP contribution in [-0.2, 0) is 9.59 Å². The van der Waals surface area contributed by atoms with Crippen molar-refractivity contribution < 1.29 is 18.7 Å². The van der Waals surface area contributed by atoms with Gasteiger partial charge in [-0.2, -0.15) is 0 Å². The summed E-state index contributed by atoms with van der Waals surface area (Å²) in [6.07, 6.45) is 2.38. The number of anilines is 1. The van der Waals surface area contributed by atoms with Gasteiger partial charge in [-0.1, -0.05) is 6.07 Å². The van der Waals surface area contributed by atoms with Crippen molar-refractivity contribution in [3.8, 4) is 22.8 Å². The number of hydrogen-bond acceptors (Lipinski definition) is 4. The van der Waals surface area contributed by atoms with E-state index in [1.165, 1.54) is 12.1 Å². The van der Waals surface area contributed by atoms with E-state index in [2.05, 4.69) is 5.32 Å². The van der Waals surface area contributed by atoms with E-state index < -0.39 is 6.04 Å². The number of benzene rings is 2. The fourth-order valence-electron chi connectivity index (χ4n) is 4.08. The molecule has 3 aromatic rings. The highest BCUT2D eigenvalue weighted by Gasteiger charge is 2.41. The van der Waals surface area contributed by atoms with Gasteiger partial charge in [-0.05, 0) is 86.8 Å². The lowest BCUT2D eigenvalue weighted by atomic mass is 10.1. The number of carbonyl (C=O) groups is 2. The second kappa shape index (κ2) is 8.65. The van der Waals surface area contributed by atoms with Crippen molar-refractivity contribution in [2.24, 2.45) is 5.92 Å². The van der Waals surface area contributed by atoms with Gasteiger partial charge in [-0.25, -0.2) is 9.37 Å². The maximum atomic E-state index is 13.1. The quantitative estimate of drug-likeness (QED) is 0.597. The summed E-state index contributed by atoms with van der Waals surface area (Å²) in [7, 11) is 0. The zero-order chi connectivity index (χ0) is 22.9. The van der Waals surface area contributed by atoms with Crippen molar-refractivity contribution in [3.05, 3.63) is 72.5 Å². The Morgan fingerprint density at radius 1 is 1.03 bits per heavy atom. The van der Waals surface area contributed by atoms with Crippen LogP contribution in [0.1, 0.15) is 26.2 Å². The maximum absolute atomic E-state index is 13.1. The molecule has 2 fully saturated rings. The first-order chi connectivity index (χ1) is 16.0. The Morgan fingerprint density at radius 2 is 1.70 bits per heavy atom. The van der Waals surface area contributed by atoms with E-state index in [-0.39, 0.29) is 29.6 Å². The molecule has 1 unspecified atom stereocenters. The Bertz CT molecular complexity index is 1180. The SMILES string of the molecule is CC1C[C@H](NC(=O)C2CC2)C(=O)N1c1cccc(-c2ccc(Oc3ccc(F)cc3)cc2)n1. The van der Waals surface area contributed by atoms with E-state index >= 15 is 0 Å². The zero-order valence-electron chi connectivity index (χ0n) is 18.2. The molecule has 2 heterocycles. The molecule has 6 nitrogen and oxygen atoms in total. The third-order valence-electron chi connectivity index (χ3n) is 6.00. The number of rotatable bonds is 6. The van der Waals surface area contributed by atoms with E-state index in [1.54, 1.807) is 17.0 Å². The molecule has 2 amide bonds. The third-order valence-corrected chi connectivity index (χ3v) is 6.00. The number of carbonyl (C=O) groups excluding carboxylic acids is 2. The zero-order valence-corrected chi connectivity index (χ0v) is 18.2. The molecule has 7 heteroatoms. The van der Waals surface area contributed by atoms with Gasteiger partial charge in [0.25, 0.3) is 5.91 Å². The maximum Gasteiger partial charge on any atom is 0.251 e. The average molecular weight is 445 g/mol. The number of nitrogens with zero attached hydrogens (tertiary/aromatic N) is 2. The minimum Gasteiger partial charge on any atom is -0.457 e. The summed E-state index contributed by atoms with van der Waals surface area (Å²) >= 11 is 0. The predicted molar refractivity (Wildman–Crippen MR) is 122 cm³/mol. The highest BCUT2D eigenvalue weighted by atomic mass is 19.1. The molecular formula is C26H24FN3O3. The van der Waals surface area contributed by atoms with Crippen LogP contribution in [0.2, 0.25) is 0 Å². The number of ether oxygens (including phenoxy) is 1. The fraction of sp³-hybridized carbons (Fsp3) is 0.269. The van der Waals surface area contributed by atoms with Crippen LogP contribution in [0.15, 0.2) is 66.7 Å². The van der Waals surface area contributed by atoms with Crippen molar-refractivity contribution in [2.45, 2.75) is 38.3 Å². The molecule has 2 aliphatic rings. The number of amides is 2. The van der Waals surface area contributed by atoms with Crippen LogP contribution in [0.25, 0.3) is 11.3 Å². The molecule has 0 spiro atoms. The second-order valence-electron chi connectivity index (χ2n) is 8.59. The van der Waals surface area contributed by atoms with Crippen LogP contribution >= 0.6 is 0 Å². The predicted octanol–water partition coefficient (Wildman–Crippen LogP) is 4.70. The monoisotopic (exact) mass is 445 g/mol. The molecule has 2 atom stereocenters. The number of aromatic nitrogens is 1. The van der Waals surface area contributed by atoms with E-state index in [0.29, 0.717) is 23.7 Å². The van der Waals surface area contributed by atoms with Gasteiger partial charge in [0.1, 0.15) is 29.2 Å². The first-order valence-electron chi connectivity index (χ1n) is 11.1. The van der Waals surface area contributed by atoms with Gasteiger partial charge >= 0.3 is 0 Å². The van der Waals surface area contributed by atoms with E-state index in [0.717, 1.165) is 24.1 Å². The smallest absolute Gasteiger partial charge is 0.251 e. The Hall–Kier alpha value is -3.74. The number of halogens is 1. The Balaban J connectivity index is 1.31. The van der Waals surface area contributed by atoms with Gasteiger partial charge < -0.3 is 10.1 Å². The largest absolute Gasteiger partial charge is 0.457 e.